The maximum atomic E-state index is 12.4. The first-order valence-electron chi connectivity index (χ1n) is 5.83. The van der Waals surface area contributed by atoms with Crippen LogP contribution in [0, 0.1) is 3.57 Å². The molecule has 110 valence electrons. The number of esters is 1. The van der Waals surface area contributed by atoms with Gasteiger partial charge in [0.15, 0.2) is 6.04 Å². The molecule has 1 N–H and O–H groups in total. The molecule has 1 aromatic heterocycles. The van der Waals surface area contributed by atoms with Crippen molar-refractivity contribution in [2.24, 2.45) is 0 Å². The molecule has 1 atom stereocenters. The van der Waals surface area contributed by atoms with E-state index in [2.05, 4.69) is 43.1 Å². The highest BCUT2D eigenvalue weighted by Crippen LogP contribution is 2.19. The molecule has 10 heteroatoms. The molecule has 0 aliphatic carbocycles. The molecule has 0 bridgehead atoms. The highest BCUT2D eigenvalue weighted by molar-refractivity contribution is 14.1. The van der Waals surface area contributed by atoms with Crippen LogP contribution in [0.3, 0.4) is 0 Å². The van der Waals surface area contributed by atoms with E-state index in [0.29, 0.717) is 0 Å². The Labute approximate surface area is 133 Å². The van der Waals surface area contributed by atoms with Crippen LogP contribution in [0.15, 0.2) is 40.4 Å². The van der Waals surface area contributed by atoms with Crippen molar-refractivity contribution < 1.29 is 17.9 Å². The Morgan fingerprint density at radius 2 is 2.05 bits per heavy atom. The fourth-order valence-electron chi connectivity index (χ4n) is 1.65. The number of sulfone groups is 1. The molecule has 1 unspecified atom stereocenters. The number of cyclic esters (lactones) is 1. The SMILES string of the molecule is O=C1OCC1Nn1cc(S(=O)(=O)c2ccc(I)cc2)nn1. The molecule has 21 heavy (non-hydrogen) atoms. The molecule has 1 saturated heterocycles. The zero-order chi connectivity index (χ0) is 15.0. The summed E-state index contributed by atoms with van der Waals surface area (Å²) in [6, 6.07) is 5.88. The third-order valence-electron chi connectivity index (χ3n) is 2.84. The minimum atomic E-state index is -3.73. The Balaban J connectivity index is 1.84. The van der Waals surface area contributed by atoms with E-state index >= 15 is 0 Å². The Morgan fingerprint density at radius 3 is 2.62 bits per heavy atom. The second-order valence-corrected chi connectivity index (χ2v) is 7.41. The quantitative estimate of drug-likeness (QED) is 0.556. The number of rotatable bonds is 4. The average molecular weight is 420 g/mol. The number of aromatic nitrogens is 3. The highest BCUT2D eigenvalue weighted by Gasteiger charge is 2.31. The van der Waals surface area contributed by atoms with Crippen LogP contribution in [0.1, 0.15) is 0 Å². The predicted octanol–water partition coefficient (Wildman–Crippen LogP) is 0.184. The Kier molecular flexibility index (Phi) is 3.57. The molecule has 0 radical (unpaired) electrons. The van der Waals surface area contributed by atoms with Gasteiger partial charge in [-0.3, -0.25) is 5.43 Å². The normalized spacial score (nSPS) is 18.0. The smallest absolute Gasteiger partial charge is 0.333 e. The summed E-state index contributed by atoms with van der Waals surface area (Å²) in [5.74, 6) is -0.410. The van der Waals surface area contributed by atoms with Gasteiger partial charge in [-0.1, -0.05) is 0 Å². The van der Waals surface area contributed by atoms with Gasteiger partial charge in [-0.25, -0.2) is 13.2 Å². The van der Waals surface area contributed by atoms with Crippen molar-refractivity contribution in [3.63, 3.8) is 0 Å². The van der Waals surface area contributed by atoms with Gasteiger partial charge < -0.3 is 4.74 Å². The van der Waals surface area contributed by atoms with Crippen LogP contribution in [0.2, 0.25) is 0 Å². The van der Waals surface area contributed by atoms with Gasteiger partial charge in [-0.05, 0) is 52.1 Å². The monoisotopic (exact) mass is 420 g/mol. The van der Waals surface area contributed by atoms with Gasteiger partial charge in [0, 0.05) is 3.57 Å². The lowest BCUT2D eigenvalue weighted by molar-refractivity contribution is -0.160. The van der Waals surface area contributed by atoms with Crippen molar-refractivity contribution >= 4 is 38.4 Å². The lowest BCUT2D eigenvalue weighted by atomic mass is 10.3. The second kappa shape index (κ2) is 5.26. The van der Waals surface area contributed by atoms with Gasteiger partial charge in [0.25, 0.3) is 0 Å². The largest absolute Gasteiger partial charge is 0.461 e. The lowest BCUT2D eigenvalue weighted by Gasteiger charge is -2.25. The number of carbonyl (C=O) groups excluding carboxylic acids is 1. The summed E-state index contributed by atoms with van der Waals surface area (Å²) in [5.41, 5.74) is 2.68. The van der Waals surface area contributed by atoms with Gasteiger partial charge >= 0.3 is 5.97 Å². The molecule has 2 heterocycles. The minimum absolute atomic E-state index is 0.137. The van der Waals surface area contributed by atoms with E-state index < -0.39 is 21.8 Å². The molecule has 0 amide bonds. The highest BCUT2D eigenvalue weighted by atomic mass is 127. The number of ether oxygens (including phenoxy) is 1. The maximum Gasteiger partial charge on any atom is 0.333 e. The standard InChI is InChI=1S/C11H9IN4O4S/c12-7-1-3-8(4-2-7)21(18,19)10-5-16(15-13-10)14-9-6-20-11(9)17/h1-5,9,14H,6H2. The third-order valence-corrected chi connectivity index (χ3v) is 5.19. The number of carbonyl (C=O) groups is 1. The van der Waals surface area contributed by atoms with Gasteiger partial charge in [0.05, 0.1) is 11.1 Å². The van der Waals surface area contributed by atoms with Crippen LogP contribution in [0.5, 0.6) is 0 Å². The van der Waals surface area contributed by atoms with Gasteiger partial charge in [0.1, 0.15) is 6.61 Å². The van der Waals surface area contributed by atoms with Crippen LogP contribution < -0.4 is 5.43 Å². The van der Waals surface area contributed by atoms with Gasteiger partial charge in [-0.15, -0.1) is 5.10 Å². The van der Waals surface area contributed by atoms with Crippen molar-refractivity contribution in [2.75, 3.05) is 12.0 Å². The molecule has 1 aromatic carbocycles. The summed E-state index contributed by atoms with van der Waals surface area (Å²) >= 11 is 2.09. The molecule has 8 nitrogen and oxygen atoms in total. The van der Waals surface area contributed by atoms with Crippen LogP contribution in [0.4, 0.5) is 0 Å². The second-order valence-electron chi connectivity index (χ2n) is 4.27. The molecule has 1 aliphatic rings. The van der Waals surface area contributed by atoms with E-state index in [-0.39, 0.29) is 16.5 Å². The number of benzene rings is 1. The first-order chi connectivity index (χ1) is 9.96. The molecule has 1 fully saturated rings. The van der Waals surface area contributed by atoms with E-state index in [1.165, 1.54) is 18.3 Å². The van der Waals surface area contributed by atoms with Crippen molar-refractivity contribution in [1.29, 1.82) is 0 Å². The first kappa shape index (κ1) is 14.3. The summed E-state index contributed by atoms with van der Waals surface area (Å²) in [4.78, 5) is 12.3. The van der Waals surface area contributed by atoms with Crippen molar-refractivity contribution in [2.45, 2.75) is 16.0 Å². The average Bonchev–Trinajstić information content (AvgIpc) is 2.93. The molecule has 3 rings (SSSR count). The third kappa shape index (κ3) is 2.72. The number of nitrogens with one attached hydrogen (secondary N) is 1. The molecule has 0 saturated carbocycles. The molecule has 0 spiro atoms. The summed E-state index contributed by atoms with van der Waals surface area (Å²) in [6.07, 6.45) is 1.22. The van der Waals surface area contributed by atoms with Crippen LogP contribution >= 0.6 is 22.6 Å². The number of hydrogen-bond acceptors (Lipinski definition) is 7. The fourth-order valence-corrected chi connectivity index (χ4v) is 3.13. The molecular weight excluding hydrogens is 411 g/mol. The summed E-state index contributed by atoms with van der Waals surface area (Å²) in [5, 5.41) is 7.09. The Hall–Kier alpha value is -1.69. The first-order valence-corrected chi connectivity index (χ1v) is 8.39. The molecule has 2 aromatic rings. The van der Waals surface area contributed by atoms with E-state index in [9.17, 15) is 13.2 Å². The van der Waals surface area contributed by atoms with E-state index in [1.54, 1.807) is 12.1 Å². The summed E-state index contributed by atoms with van der Waals surface area (Å²) in [7, 11) is -3.73. The maximum absolute atomic E-state index is 12.4. The number of halogens is 1. The molecule has 1 aliphatic heterocycles. The lowest BCUT2D eigenvalue weighted by Crippen LogP contribution is -2.49. The zero-order valence-electron chi connectivity index (χ0n) is 10.4. The Morgan fingerprint density at radius 1 is 1.33 bits per heavy atom. The van der Waals surface area contributed by atoms with E-state index in [0.717, 1.165) is 8.36 Å². The van der Waals surface area contributed by atoms with Gasteiger partial charge in [0.2, 0.25) is 14.9 Å². The molecular formula is C11H9IN4O4S. The van der Waals surface area contributed by atoms with Crippen LogP contribution in [0.25, 0.3) is 0 Å². The summed E-state index contributed by atoms with van der Waals surface area (Å²) < 4.78 is 30.2. The fraction of sp³-hybridized carbons (Fsp3) is 0.182. The van der Waals surface area contributed by atoms with E-state index in [4.69, 9.17) is 0 Å². The van der Waals surface area contributed by atoms with E-state index in [1.807, 2.05) is 0 Å². The van der Waals surface area contributed by atoms with Crippen molar-refractivity contribution in [1.82, 2.24) is 15.1 Å². The van der Waals surface area contributed by atoms with Crippen molar-refractivity contribution in [3.05, 3.63) is 34.0 Å². The summed E-state index contributed by atoms with van der Waals surface area (Å²) in [6.45, 7) is 0.220. The number of hydrogen-bond donors (Lipinski definition) is 1. The topological polar surface area (TPSA) is 103 Å². The predicted molar refractivity (Wildman–Crippen MR) is 78.7 cm³/mol. The van der Waals surface area contributed by atoms with Crippen LogP contribution in [-0.4, -0.2) is 42.1 Å². The van der Waals surface area contributed by atoms with Crippen molar-refractivity contribution in [3.8, 4) is 0 Å². The zero-order valence-corrected chi connectivity index (χ0v) is 13.4. The number of nitrogens with zero attached hydrogens (tertiary/aromatic N) is 3. The van der Waals surface area contributed by atoms with Gasteiger partial charge in [-0.2, -0.15) is 4.79 Å². The minimum Gasteiger partial charge on any atom is -0.461 e. The van der Waals surface area contributed by atoms with Crippen LogP contribution in [-0.2, 0) is 19.4 Å². The Bertz CT molecular complexity index is 787.